The van der Waals surface area contributed by atoms with E-state index in [1.54, 1.807) is 31.2 Å². The predicted molar refractivity (Wildman–Crippen MR) is 118 cm³/mol. The van der Waals surface area contributed by atoms with E-state index in [1.807, 2.05) is 0 Å². The first-order valence-corrected chi connectivity index (χ1v) is 10.5. The van der Waals surface area contributed by atoms with Gasteiger partial charge in [0.15, 0.2) is 0 Å². The molecule has 0 aliphatic carbocycles. The lowest BCUT2D eigenvalue weighted by Crippen LogP contribution is -2.45. The van der Waals surface area contributed by atoms with Gasteiger partial charge in [-0.3, -0.25) is 28.9 Å². The van der Waals surface area contributed by atoms with Crippen LogP contribution in [0.4, 0.5) is 5.69 Å². The van der Waals surface area contributed by atoms with Crippen LogP contribution >= 0.6 is 0 Å². The first-order chi connectivity index (χ1) is 15.3. The molecule has 1 heterocycles. The Hall–Kier alpha value is -3.53. The van der Waals surface area contributed by atoms with Crippen molar-refractivity contribution < 1.29 is 24.0 Å². The molecule has 5 amide bonds. The molecule has 1 aromatic carbocycles. The second-order valence-corrected chi connectivity index (χ2v) is 7.43. The molecule has 5 N–H and O–H groups in total. The molecule has 172 valence electrons. The first kappa shape index (κ1) is 24.7. The van der Waals surface area contributed by atoms with Gasteiger partial charge in [0.25, 0.3) is 11.8 Å². The summed E-state index contributed by atoms with van der Waals surface area (Å²) in [5.74, 6) is -1.77. The molecule has 10 nitrogen and oxygen atoms in total. The van der Waals surface area contributed by atoms with Crippen LogP contribution in [0.3, 0.4) is 0 Å². The molecule has 0 spiro atoms. The Kier molecular flexibility index (Phi) is 9.55. The maximum atomic E-state index is 12.2. The summed E-state index contributed by atoms with van der Waals surface area (Å²) < 4.78 is 0. The summed E-state index contributed by atoms with van der Waals surface area (Å²) in [7, 11) is 0. The third kappa shape index (κ3) is 7.95. The Labute approximate surface area is 186 Å². The van der Waals surface area contributed by atoms with Crippen molar-refractivity contribution in [2.45, 2.75) is 45.2 Å². The highest BCUT2D eigenvalue weighted by molar-refractivity contribution is 6.12. The molecule has 1 aliphatic rings. The van der Waals surface area contributed by atoms with Gasteiger partial charge in [-0.15, -0.1) is 0 Å². The number of benzene rings is 1. The molecule has 0 radical (unpaired) electrons. The molecule has 0 unspecified atom stereocenters. The summed E-state index contributed by atoms with van der Waals surface area (Å²) in [6.45, 7) is 2.05. The fourth-order valence-electron chi connectivity index (χ4n) is 2.98. The second-order valence-electron chi connectivity index (χ2n) is 7.43. The molecule has 1 atom stereocenters. The van der Waals surface area contributed by atoms with Gasteiger partial charge in [-0.1, -0.05) is 18.6 Å². The van der Waals surface area contributed by atoms with Crippen molar-refractivity contribution in [3.05, 3.63) is 42.0 Å². The highest BCUT2D eigenvalue weighted by Gasteiger charge is 2.22. The summed E-state index contributed by atoms with van der Waals surface area (Å²) in [5.41, 5.74) is 7.07. The first-order valence-electron chi connectivity index (χ1n) is 10.5. The van der Waals surface area contributed by atoms with E-state index in [1.165, 1.54) is 12.2 Å². The third-order valence-corrected chi connectivity index (χ3v) is 4.86. The maximum absolute atomic E-state index is 12.2. The van der Waals surface area contributed by atoms with Crippen LogP contribution in [0.25, 0.3) is 0 Å². The van der Waals surface area contributed by atoms with Gasteiger partial charge in [0.05, 0.1) is 6.54 Å². The smallest absolute Gasteiger partial charge is 0.253 e. The normalized spacial score (nSPS) is 13.8. The number of amides is 5. The number of unbranched alkanes of at least 4 members (excludes halogenated alkanes) is 2. The number of carbonyl (C=O) groups excluding carboxylic acids is 5. The summed E-state index contributed by atoms with van der Waals surface area (Å²) >= 11 is 0. The molecule has 1 aromatic rings. The van der Waals surface area contributed by atoms with E-state index in [9.17, 15) is 24.0 Å². The maximum Gasteiger partial charge on any atom is 0.253 e. The van der Waals surface area contributed by atoms with Gasteiger partial charge in [-0.2, -0.15) is 0 Å². The van der Waals surface area contributed by atoms with Crippen molar-refractivity contribution in [2.75, 3.05) is 18.4 Å². The predicted octanol–water partition coefficient (Wildman–Crippen LogP) is 0.190. The van der Waals surface area contributed by atoms with Gasteiger partial charge in [0.2, 0.25) is 17.7 Å². The molecule has 1 aliphatic heterocycles. The van der Waals surface area contributed by atoms with Crippen molar-refractivity contribution in [1.82, 2.24) is 15.5 Å². The van der Waals surface area contributed by atoms with Crippen molar-refractivity contribution in [3.8, 4) is 0 Å². The van der Waals surface area contributed by atoms with Gasteiger partial charge in [-0.05, 0) is 37.5 Å². The fourth-order valence-corrected chi connectivity index (χ4v) is 2.98. The van der Waals surface area contributed by atoms with Crippen LogP contribution in [-0.2, 0) is 30.5 Å². The van der Waals surface area contributed by atoms with Gasteiger partial charge >= 0.3 is 0 Å². The number of rotatable bonds is 12. The van der Waals surface area contributed by atoms with E-state index in [2.05, 4.69) is 16.0 Å². The number of imide groups is 1. The number of nitrogens with two attached hydrogens (primary N) is 1. The van der Waals surface area contributed by atoms with Gasteiger partial charge in [0.1, 0.15) is 6.04 Å². The Morgan fingerprint density at radius 3 is 2.25 bits per heavy atom. The zero-order valence-electron chi connectivity index (χ0n) is 18.1. The number of hydrogen-bond acceptors (Lipinski definition) is 6. The molecular formula is C22H29N5O5. The molecule has 0 aromatic heterocycles. The number of carbonyl (C=O) groups is 5. The minimum Gasteiger partial charge on any atom is -0.347 e. The lowest BCUT2D eigenvalue weighted by molar-refractivity contribution is -0.137. The Bertz CT molecular complexity index is 863. The van der Waals surface area contributed by atoms with Crippen LogP contribution in [-0.4, -0.2) is 53.6 Å². The number of nitrogens with one attached hydrogen (secondary N) is 3. The fraction of sp³-hybridized carbons (Fsp3) is 0.409. The van der Waals surface area contributed by atoms with Crippen LogP contribution < -0.4 is 21.7 Å². The largest absolute Gasteiger partial charge is 0.347 e. The topological polar surface area (TPSA) is 151 Å². The lowest BCUT2D eigenvalue weighted by atomic mass is 10.2. The third-order valence-electron chi connectivity index (χ3n) is 4.86. The molecule has 10 heteroatoms. The van der Waals surface area contributed by atoms with E-state index in [0.717, 1.165) is 10.5 Å². The highest BCUT2D eigenvalue weighted by Crippen LogP contribution is 2.10. The molecule has 32 heavy (non-hydrogen) atoms. The molecular weight excluding hydrogens is 414 g/mol. The van der Waals surface area contributed by atoms with E-state index in [-0.39, 0.29) is 36.6 Å². The van der Waals surface area contributed by atoms with E-state index < -0.39 is 11.9 Å². The summed E-state index contributed by atoms with van der Waals surface area (Å²) in [6, 6.07) is 6.28. The van der Waals surface area contributed by atoms with Crippen LogP contribution in [0.5, 0.6) is 0 Å². The van der Waals surface area contributed by atoms with Crippen molar-refractivity contribution in [2.24, 2.45) is 5.73 Å². The minimum absolute atomic E-state index is 0.224. The summed E-state index contributed by atoms with van der Waals surface area (Å²) in [6.07, 6.45) is 4.55. The van der Waals surface area contributed by atoms with Crippen molar-refractivity contribution in [1.29, 1.82) is 0 Å². The zero-order valence-corrected chi connectivity index (χ0v) is 18.1. The molecule has 0 saturated heterocycles. The average Bonchev–Trinajstić information content (AvgIpc) is 3.10. The molecule has 0 saturated carbocycles. The summed E-state index contributed by atoms with van der Waals surface area (Å²) in [4.78, 5) is 60.1. The lowest BCUT2D eigenvalue weighted by Gasteiger charge is -2.15. The Morgan fingerprint density at radius 2 is 1.62 bits per heavy atom. The van der Waals surface area contributed by atoms with E-state index >= 15 is 0 Å². The number of anilines is 1. The monoisotopic (exact) mass is 443 g/mol. The van der Waals surface area contributed by atoms with E-state index in [0.29, 0.717) is 38.0 Å². The van der Waals surface area contributed by atoms with Gasteiger partial charge in [0, 0.05) is 37.3 Å². The van der Waals surface area contributed by atoms with Gasteiger partial charge in [-0.25, -0.2) is 0 Å². The van der Waals surface area contributed by atoms with Gasteiger partial charge < -0.3 is 21.7 Å². The molecule has 2 rings (SSSR count). The SMILES string of the molecule is C[C@H](NC(=O)CNC(=O)CCCCCN1C(=O)C=CC1=O)C(=O)Nc1ccc(CN)cc1. The van der Waals surface area contributed by atoms with Crippen molar-refractivity contribution >= 4 is 35.2 Å². The van der Waals surface area contributed by atoms with Crippen LogP contribution in [0.2, 0.25) is 0 Å². The molecule has 0 fully saturated rings. The second kappa shape index (κ2) is 12.4. The standard InChI is InChI=1S/C22H29N5O5/c1-15(22(32)26-17-8-6-16(13-23)7-9-17)25-19(29)14-24-18(28)5-3-2-4-12-27-20(30)10-11-21(27)31/h6-11,15H,2-5,12-14,23H2,1H3,(H,24,28)(H,25,29)(H,26,32)/t15-/m0/s1. The Balaban J connectivity index is 1.57. The van der Waals surface area contributed by atoms with Crippen LogP contribution in [0.1, 0.15) is 38.2 Å². The number of nitrogens with zero attached hydrogens (tertiary/aromatic N) is 1. The van der Waals surface area contributed by atoms with Crippen LogP contribution in [0, 0.1) is 0 Å². The van der Waals surface area contributed by atoms with Crippen molar-refractivity contribution in [3.63, 3.8) is 0 Å². The Morgan fingerprint density at radius 1 is 0.969 bits per heavy atom. The summed E-state index contributed by atoms with van der Waals surface area (Å²) in [5, 5.41) is 7.74. The average molecular weight is 444 g/mol. The quantitative estimate of drug-likeness (QED) is 0.267. The highest BCUT2D eigenvalue weighted by atomic mass is 16.2. The minimum atomic E-state index is -0.779. The number of hydrogen-bond donors (Lipinski definition) is 4. The van der Waals surface area contributed by atoms with Crippen LogP contribution in [0.15, 0.2) is 36.4 Å². The van der Waals surface area contributed by atoms with E-state index in [4.69, 9.17) is 5.73 Å². The molecule has 0 bridgehead atoms. The zero-order chi connectivity index (χ0) is 23.5.